The molecular formula is C35H38ClN3O4S. The average molecular weight is 632 g/mol. The molecule has 4 aromatic rings. The largest absolute Gasteiger partial charge is 0.350 e. The summed E-state index contributed by atoms with van der Waals surface area (Å²) in [6, 6.07) is 30.5. The fourth-order valence-electron chi connectivity index (χ4n) is 4.83. The third kappa shape index (κ3) is 8.49. The minimum atomic E-state index is -4.19. The van der Waals surface area contributed by atoms with Gasteiger partial charge in [0.05, 0.1) is 10.6 Å². The quantitative estimate of drug-likeness (QED) is 0.208. The summed E-state index contributed by atoms with van der Waals surface area (Å²) >= 11 is 6.04. The van der Waals surface area contributed by atoms with Crippen LogP contribution < -0.4 is 9.62 Å². The van der Waals surface area contributed by atoms with Crippen molar-refractivity contribution in [3.8, 4) is 0 Å². The number of anilines is 1. The Morgan fingerprint density at radius 1 is 0.818 bits per heavy atom. The molecule has 0 saturated heterocycles. The molecule has 4 aromatic carbocycles. The van der Waals surface area contributed by atoms with Gasteiger partial charge in [-0.3, -0.25) is 13.9 Å². The van der Waals surface area contributed by atoms with Crippen molar-refractivity contribution in [2.24, 2.45) is 0 Å². The van der Waals surface area contributed by atoms with Gasteiger partial charge in [0.2, 0.25) is 11.8 Å². The van der Waals surface area contributed by atoms with Crippen LogP contribution in [0, 0.1) is 6.92 Å². The van der Waals surface area contributed by atoms with Crippen LogP contribution in [0.5, 0.6) is 0 Å². The monoisotopic (exact) mass is 631 g/mol. The van der Waals surface area contributed by atoms with Crippen LogP contribution >= 0.6 is 11.6 Å². The van der Waals surface area contributed by atoms with Gasteiger partial charge in [0.15, 0.2) is 0 Å². The van der Waals surface area contributed by atoms with Gasteiger partial charge < -0.3 is 10.2 Å². The molecular weight excluding hydrogens is 594 g/mol. The van der Waals surface area contributed by atoms with Crippen LogP contribution in [0.25, 0.3) is 0 Å². The Bertz CT molecular complexity index is 1670. The summed E-state index contributed by atoms with van der Waals surface area (Å²) in [7, 11) is -4.19. The Kier molecular flexibility index (Phi) is 10.5. The van der Waals surface area contributed by atoms with Crippen molar-refractivity contribution in [2.45, 2.75) is 57.1 Å². The first-order valence-electron chi connectivity index (χ1n) is 14.4. The summed E-state index contributed by atoms with van der Waals surface area (Å²) in [5.41, 5.74) is 2.45. The van der Waals surface area contributed by atoms with E-state index in [0.29, 0.717) is 10.7 Å². The number of sulfonamides is 1. The highest BCUT2D eigenvalue weighted by molar-refractivity contribution is 7.92. The fourth-order valence-corrected chi connectivity index (χ4v) is 6.37. The van der Waals surface area contributed by atoms with Crippen LogP contribution in [0.3, 0.4) is 0 Å². The predicted octanol–water partition coefficient (Wildman–Crippen LogP) is 6.40. The second-order valence-electron chi connectivity index (χ2n) is 11.7. The number of nitrogens with one attached hydrogen (secondary N) is 1. The van der Waals surface area contributed by atoms with Gasteiger partial charge >= 0.3 is 0 Å². The van der Waals surface area contributed by atoms with Gasteiger partial charge in [0.25, 0.3) is 10.0 Å². The number of hydrogen-bond acceptors (Lipinski definition) is 4. The lowest BCUT2D eigenvalue weighted by Gasteiger charge is -2.35. The molecule has 0 heterocycles. The van der Waals surface area contributed by atoms with E-state index in [1.54, 1.807) is 30.3 Å². The van der Waals surface area contributed by atoms with Crippen molar-refractivity contribution in [2.75, 3.05) is 10.8 Å². The minimum absolute atomic E-state index is 0.00434. The Balaban J connectivity index is 1.81. The van der Waals surface area contributed by atoms with Gasteiger partial charge in [-0.2, -0.15) is 0 Å². The predicted molar refractivity (Wildman–Crippen MR) is 176 cm³/mol. The van der Waals surface area contributed by atoms with Gasteiger partial charge in [0, 0.05) is 23.5 Å². The summed E-state index contributed by atoms with van der Waals surface area (Å²) in [5.74, 6) is -0.838. The molecule has 4 rings (SSSR count). The number of hydrogen-bond donors (Lipinski definition) is 1. The number of halogens is 1. The molecule has 2 amide bonds. The first-order valence-corrected chi connectivity index (χ1v) is 16.2. The molecule has 0 spiro atoms. The fraction of sp³-hybridized carbons (Fsp3) is 0.257. The van der Waals surface area contributed by atoms with E-state index in [2.05, 4.69) is 5.32 Å². The standard InChI is InChI=1S/C35H38ClN3O4S/c1-26-13-11-12-16-28(26)24-38(32(34(41)37-35(2,3)4)23-27-14-7-5-8-15-27)33(40)25-39(30-17-9-6-10-18-30)44(42,43)31-21-19-29(36)20-22-31/h5-22,32H,23-25H2,1-4H3,(H,37,41). The molecule has 1 atom stereocenters. The second-order valence-corrected chi connectivity index (χ2v) is 14.0. The molecule has 0 bridgehead atoms. The maximum absolute atomic E-state index is 14.5. The summed E-state index contributed by atoms with van der Waals surface area (Å²) in [5, 5.41) is 3.44. The lowest BCUT2D eigenvalue weighted by molar-refractivity contribution is -0.140. The van der Waals surface area contributed by atoms with E-state index in [1.807, 2.05) is 82.3 Å². The SMILES string of the molecule is Cc1ccccc1CN(C(=O)CN(c1ccccc1)S(=O)(=O)c1ccc(Cl)cc1)C(Cc1ccccc1)C(=O)NC(C)(C)C. The van der Waals surface area contributed by atoms with Crippen LogP contribution in [-0.4, -0.2) is 43.3 Å². The first-order chi connectivity index (χ1) is 20.8. The van der Waals surface area contributed by atoms with Crippen molar-refractivity contribution >= 4 is 39.1 Å². The van der Waals surface area contributed by atoms with Crippen LogP contribution in [-0.2, 0) is 32.6 Å². The minimum Gasteiger partial charge on any atom is -0.350 e. The first kappa shape index (κ1) is 32.8. The number of rotatable bonds is 11. The molecule has 0 aliphatic carbocycles. The van der Waals surface area contributed by atoms with Crippen molar-refractivity contribution in [1.82, 2.24) is 10.2 Å². The third-order valence-electron chi connectivity index (χ3n) is 7.10. The van der Waals surface area contributed by atoms with Crippen molar-refractivity contribution in [3.63, 3.8) is 0 Å². The summed E-state index contributed by atoms with van der Waals surface area (Å²) in [4.78, 5) is 29.9. The molecule has 7 nitrogen and oxygen atoms in total. The summed E-state index contributed by atoms with van der Waals surface area (Å²) in [6.45, 7) is 7.19. The van der Waals surface area contributed by atoms with E-state index in [0.717, 1.165) is 21.0 Å². The van der Waals surface area contributed by atoms with Crippen LogP contribution in [0.1, 0.15) is 37.5 Å². The summed E-state index contributed by atoms with van der Waals surface area (Å²) < 4.78 is 29.1. The molecule has 44 heavy (non-hydrogen) atoms. The molecule has 0 aliphatic rings. The average Bonchev–Trinajstić information content (AvgIpc) is 2.98. The maximum atomic E-state index is 14.5. The molecule has 1 N–H and O–H groups in total. The zero-order valence-electron chi connectivity index (χ0n) is 25.4. The molecule has 0 radical (unpaired) electrons. The van der Waals surface area contributed by atoms with Gasteiger partial charge in [-0.05, 0) is 80.8 Å². The Morgan fingerprint density at radius 3 is 1.98 bits per heavy atom. The zero-order chi connectivity index (χ0) is 31.9. The van der Waals surface area contributed by atoms with E-state index in [9.17, 15) is 18.0 Å². The van der Waals surface area contributed by atoms with Crippen molar-refractivity contribution in [1.29, 1.82) is 0 Å². The zero-order valence-corrected chi connectivity index (χ0v) is 27.0. The van der Waals surface area contributed by atoms with E-state index in [1.165, 1.54) is 29.2 Å². The lowest BCUT2D eigenvalue weighted by atomic mass is 10.00. The Morgan fingerprint density at radius 2 is 1.39 bits per heavy atom. The van der Waals surface area contributed by atoms with Crippen molar-refractivity contribution in [3.05, 3.63) is 131 Å². The topological polar surface area (TPSA) is 86.8 Å². The van der Waals surface area contributed by atoms with E-state index in [4.69, 9.17) is 11.6 Å². The maximum Gasteiger partial charge on any atom is 0.264 e. The van der Waals surface area contributed by atoms with Gasteiger partial charge in [-0.1, -0.05) is 84.4 Å². The van der Waals surface area contributed by atoms with Gasteiger partial charge in [0.1, 0.15) is 12.6 Å². The van der Waals surface area contributed by atoms with E-state index < -0.39 is 34.1 Å². The lowest BCUT2D eigenvalue weighted by Crippen LogP contribution is -2.56. The molecule has 1 unspecified atom stereocenters. The molecule has 0 aliphatic heterocycles. The molecule has 230 valence electrons. The van der Waals surface area contributed by atoms with Crippen LogP contribution in [0.4, 0.5) is 5.69 Å². The second kappa shape index (κ2) is 14.1. The molecule has 0 saturated carbocycles. The number of para-hydroxylation sites is 1. The number of carbonyl (C=O) groups excluding carboxylic acids is 2. The number of aryl methyl sites for hydroxylation is 1. The van der Waals surface area contributed by atoms with Crippen LogP contribution in [0.15, 0.2) is 114 Å². The summed E-state index contributed by atoms with van der Waals surface area (Å²) in [6.07, 6.45) is 0.246. The van der Waals surface area contributed by atoms with Gasteiger partial charge in [-0.15, -0.1) is 0 Å². The Hall–Kier alpha value is -4.14. The highest BCUT2D eigenvalue weighted by Crippen LogP contribution is 2.26. The molecule has 9 heteroatoms. The van der Waals surface area contributed by atoms with Crippen LogP contribution in [0.2, 0.25) is 5.02 Å². The number of nitrogens with zero attached hydrogens (tertiary/aromatic N) is 2. The molecule has 0 fully saturated rings. The number of amides is 2. The third-order valence-corrected chi connectivity index (χ3v) is 9.14. The van der Waals surface area contributed by atoms with Crippen molar-refractivity contribution < 1.29 is 18.0 Å². The normalized spacial score (nSPS) is 12.3. The smallest absolute Gasteiger partial charge is 0.264 e. The number of benzene rings is 4. The highest BCUT2D eigenvalue weighted by atomic mass is 35.5. The Labute approximate surface area is 265 Å². The highest BCUT2D eigenvalue weighted by Gasteiger charge is 2.35. The molecule has 0 aromatic heterocycles. The van der Waals surface area contributed by atoms with E-state index >= 15 is 0 Å². The van der Waals surface area contributed by atoms with E-state index in [-0.39, 0.29) is 23.8 Å². The number of carbonyl (C=O) groups is 2. The van der Waals surface area contributed by atoms with Gasteiger partial charge in [-0.25, -0.2) is 8.42 Å².